The molecule has 3 nitrogen and oxygen atoms in total. The van der Waals surface area contributed by atoms with Crippen LogP contribution in [-0.4, -0.2) is 61.7 Å². The van der Waals surface area contributed by atoms with Crippen molar-refractivity contribution in [3.63, 3.8) is 0 Å². The Kier molecular flexibility index (Phi) is 6.10. The van der Waals surface area contributed by atoms with Crippen LogP contribution in [-0.2, 0) is 0 Å². The zero-order valence-electron chi connectivity index (χ0n) is 15.0. The van der Waals surface area contributed by atoms with Crippen LogP contribution in [0.15, 0.2) is 0 Å². The molecule has 0 spiro atoms. The second-order valence-electron chi connectivity index (χ2n) is 7.83. The molecule has 0 aromatic rings. The minimum atomic E-state index is 0.454. The zero-order chi connectivity index (χ0) is 15.5. The van der Waals surface area contributed by atoms with E-state index in [1.807, 2.05) is 0 Å². The molecule has 1 N–H and O–H groups in total. The number of likely N-dealkylation sites (N-methyl/N-ethyl adjacent to an activating group) is 1. The van der Waals surface area contributed by atoms with Gasteiger partial charge < -0.3 is 10.2 Å². The SMILES string of the molecule is CCN(CC)C1CCN(CC2CCCC(C)(C)C2NC)C1. The molecule has 1 saturated heterocycles. The third-order valence-corrected chi connectivity index (χ3v) is 6.09. The minimum absolute atomic E-state index is 0.454. The lowest BCUT2D eigenvalue weighted by Crippen LogP contribution is -2.51. The molecule has 1 aliphatic carbocycles. The Labute approximate surface area is 132 Å². The Morgan fingerprint density at radius 3 is 2.52 bits per heavy atom. The van der Waals surface area contributed by atoms with Crippen LogP contribution >= 0.6 is 0 Å². The number of rotatable bonds is 6. The zero-order valence-corrected chi connectivity index (χ0v) is 15.0. The lowest BCUT2D eigenvalue weighted by Gasteiger charge is -2.45. The van der Waals surface area contributed by atoms with Crippen molar-refractivity contribution >= 4 is 0 Å². The maximum atomic E-state index is 3.64. The molecule has 1 heterocycles. The molecule has 3 atom stereocenters. The highest BCUT2D eigenvalue weighted by atomic mass is 15.2. The molecular formula is C18H37N3. The van der Waals surface area contributed by atoms with E-state index in [0.717, 1.165) is 12.0 Å². The standard InChI is InChI=1S/C18H37N3/c1-6-21(7-2)16-10-12-20(14-16)13-15-9-8-11-18(3,4)17(15)19-5/h15-17,19H,6-14H2,1-5H3. The second kappa shape index (κ2) is 7.43. The summed E-state index contributed by atoms with van der Waals surface area (Å²) in [6, 6.07) is 1.48. The summed E-state index contributed by atoms with van der Waals surface area (Å²) >= 11 is 0. The molecule has 1 saturated carbocycles. The van der Waals surface area contributed by atoms with Gasteiger partial charge in [0.05, 0.1) is 0 Å². The Morgan fingerprint density at radius 1 is 1.19 bits per heavy atom. The van der Waals surface area contributed by atoms with Crippen LogP contribution in [0.5, 0.6) is 0 Å². The van der Waals surface area contributed by atoms with Gasteiger partial charge in [0.15, 0.2) is 0 Å². The highest BCUT2D eigenvalue weighted by Gasteiger charge is 2.39. The van der Waals surface area contributed by atoms with Gasteiger partial charge in [-0.3, -0.25) is 4.90 Å². The van der Waals surface area contributed by atoms with Gasteiger partial charge in [0, 0.05) is 25.2 Å². The van der Waals surface area contributed by atoms with Gasteiger partial charge in [-0.1, -0.05) is 34.1 Å². The van der Waals surface area contributed by atoms with Crippen LogP contribution < -0.4 is 5.32 Å². The van der Waals surface area contributed by atoms with Gasteiger partial charge >= 0.3 is 0 Å². The van der Waals surface area contributed by atoms with Crippen molar-refractivity contribution in [1.82, 2.24) is 15.1 Å². The fourth-order valence-corrected chi connectivity index (χ4v) is 4.95. The first-order chi connectivity index (χ1) is 10.0. The predicted octanol–water partition coefficient (Wildman–Crippen LogP) is 2.82. The van der Waals surface area contributed by atoms with Gasteiger partial charge in [-0.15, -0.1) is 0 Å². The molecule has 2 fully saturated rings. The largest absolute Gasteiger partial charge is 0.316 e. The molecule has 2 rings (SSSR count). The summed E-state index contributed by atoms with van der Waals surface area (Å²) in [5, 5.41) is 3.64. The average Bonchev–Trinajstić information content (AvgIpc) is 2.88. The molecule has 21 heavy (non-hydrogen) atoms. The van der Waals surface area contributed by atoms with Crippen LogP contribution in [0.25, 0.3) is 0 Å². The van der Waals surface area contributed by atoms with E-state index in [-0.39, 0.29) is 0 Å². The van der Waals surface area contributed by atoms with Gasteiger partial charge in [-0.25, -0.2) is 0 Å². The first kappa shape index (κ1) is 17.2. The highest BCUT2D eigenvalue weighted by Crippen LogP contribution is 2.39. The third-order valence-electron chi connectivity index (χ3n) is 6.09. The van der Waals surface area contributed by atoms with E-state index >= 15 is 0 Å². The normalized spacial score (nSPS) is 33.7. The quantitative estimate of drug-likeness (QED) is 0.813. The van der Waals surface area contributed by atoms with Crippen molar-refractivity contribution in [1.29, 1.82) is 0 Å². The van der Waals surface area contributed by atoms with E-state index in [4.69, 9.17) is 0 Å². The van der Waals surface area contributed by atoms with Crippen LogP contribution in [0.4, 0.5) is 0 Å². The average molecular weight is 296 g/mol. The Hall–Kier alpha value is -0.120. The Bertz CT molecular complexity index is 312. The van der Waals surface area contributed by atoms with Crippen LogP contribution in [0, 0.1) is 11.3 Å². The summed E-state index contributed by atoms with van der Waals surface area (Å²) in [7, 11) is 2.16. The molecule has 2 aliphatic rings. The highest BCUT2D eigenvalue weighted by molar-refractivity contribution is 4.95. The fraction of sp³-hybridized carbons (Fsp3) is 1.00. The molecule has 1 aliphatic heterocycles. The maximum Gasteiger partial charge on any atom is 0.0235 e. The van der Waals surface area contributed by atoms with Crippen LogP contribution in [0.3, 0.4) is 0 Å². The molecule has 3 unspecified atom stereocenters. The number of nitrogens with zero attached hydrogens (tertiary/aromatic N) is 2. The Balaban J connectivity index is 1.90. The molecule has 3 heteroatoms. The Morgan fingerprint density at radius 2 is 1.90 bits per heavy atom. The van der Waals surface area contributed by atoms with Crippen molar-refractivity contribution in [3.05, 3.63) is 0 Å². The summed E-state index contributed by atoms with van der Waals surface area (Å²) in [4.78, 5) is 5.37. The van der Waals surface area contributed by atoms with E-state index < -0.39 is 0 Å². The molecule has 0 aromatic carbocycles. The first-order valence-corrected chi connectivity index (χ1v) is 9.15. The van der Waals surface area contributed by atoms with Crippen LogP contribution in [0.2, 0.25) is 0 Å². The maximum absolute atomic E-state index is 3.64. The summed E-state index contributed by atoms with van der Waals surface area (Å²) in [5.41, 5.74) is 0.454. The third kappa shape index (κ3) is 4.00. The van der Waals surface area contributed by atoms with Crippen molar-refractivity contribution < 1.29 is 0 Å². The van der Waals surface area contributed by atoms with Crippen molar-refractivity contribution in [3.8, 4) is 0 Å². The smallest absolute Gasteiger partial charge is 0.0235 e. The van der Waals surface area contributed by atoms with Gasteiger partial charge in [-0.05, 0) is 57.3 Å². The second-order valence-corrected chi connectivity index (χ2v) is 7.83. The first-order valence-electron chi connectivity index (χ1n) is 9.15. The van der Waals surface area contributed by atoms with E-state index in [1.54, 1.807) is 0 Å². The van der Waals surface area contributed by atoms with E-state index in [2.05, 4.69) is 49.9 Å². The summed E-state index contributed by atoms with van der Waals surface area (Å²) in [6.07, 6.45) is 5.55. The minimum Gasteiger partial charge on any atom is -0.316 e. The number of hydrogen-bond donors (Lipinski definition) is 1. The van der Waals surface area contributed by atoms with E-state index in [9.17, 15) is 0 Å². The predicted molar refractivity (Wildman–Crippen MR) is 91.7 cm³/mol. The van der Waals surface area contributed by atoms with Crippen molar-refractivity contribution in [2.45, 2.75) is 65.5 Å². The summed E-state index contributed by atoms with van der Waals surface area (Å²) in [6.45, 7) is 15.8. The van der Waals surface area contributed by atoms with E-state index in [0.29, 0.717) is 11.5 Å². The number of hydrogen-bond acceptors (Lipinski definition) is 3. The molecule has 0 aromatic heterocycles. The molecular weight excluding hydrogens is 258 g/mol. The van der Waals surface area contributed by atoms with Gasteiger partial charge in [0.1, 0.15) is 0 Å². The van der Waals surface area contributed by atoms with Crippen molar-refractivity contribution in [2.75, 3.05) is 39.8 Å². The van der Waals surface area contributed by atoms with Gasteiger partial charge in [-0.2, -0.15) is 0 Å². The monoisotopic (exact) mass is 295 g/mol. The molecule has 0 radical (unpaired) electrons. The van der Waals surface area contributed by atoms with Gasteiger partial charge in [0.2, 0.25) is 0 Å². The summed E-state index contributed by atoms with van der Waals surface area (Å²) in [5.74, 6) is 0.828. The molecule has 124 valence electrons. The van der Waals surface area contributed by atoms with E-state index in [1.165, 1.54) is 58.4 Å². The lowest BCUT2D eigenvalue weighted by molar-refractivity contribution is 0.0873. The molecule has 0 bridgehead atoms. The van der Waals surface area contributed by atoms with Crippen molar-refractivity contribution in [2.24, 2.45) is 11.3 Å². The number of likely N-dealkylation sites (tertiary alicyclic amines) is 1. The fourth-order valence-electron chi connectivity index (χ4n) is 4.95. The van der Waals surface area contributed by atoms with Crippen LogP contribution in [0.1, 0.15) is 53.4 Å². The molecule has 0 amide bonds. The topological polar surface area (TPSA) is 18.5 Å². The number of nitrogens with one attached hydrogen (secondary N) is 1. The summed E-state index contributed by atoms with van der Waals surface area (Å²) < 4.78 is 0. The van der Waals surface area contributed by atoms with Gasteiger partial charge in [0.25, 0.3) is 0 Å². The lowest BCUT2D eigenvalue weighted by atomic mass is 9.68.